The normalized spacial score (nSPS) is 27.5. The van der Waals surface area contributed by atoms with E-state index in [1.54, 1.807) is 12.1 Å². The number of rotatable bonds is 3. The summed E-state index contributed by atoms with van der Waals surface area (Å²) in [6.07, 6.45) is 3.82. The first-order chi connectivity index (χ1) is 8.95. The van der Waals surface area contributed by atoms with Gasteiger partial charge in [-0.2, -0.15) is 0 Å². The van der Waals surface area contributed by atoms with Crippen LogP contribution in [0.4, 0.5) is 4.39 Å². The molecule has 1 aliphatic rings. The van der Waals surface area contributed by atoms with Crippen LogP contribution < -0.4 is 0 Å². The molecule has 0 saturated heterocycles. The van der Waals surface area contributed by atoms with Crippen LogP contribution >= 0.6 is 0 Å². The second-order valence-corrected chi connectivity index (χ2v) is 5.95. The number of benzene rings is 1. The molecule has 19 heavy (non-hydrogen) atoms. The molecule has 2 nitrogen and oxygen atoms in total. The standard InChI is InChI=1S/C16H22FNO/c1-12-7-9-16(10-8-12,18(2)3)15(19)13-5-4-6-14(17)11-13/h4-6,11-12H,7-10H2,1-3H3. The fourth-order valence-electron chi connectivity index (χ4n) is 3.02. The lowest BCUT2D eigenvalue weighted by Crippen LogP contribution is -2.53. The van der Waals surface area contributed by atoms with Crippen molar-refractivity contribution in [2.75, 3.05) is 14.1 Å². The van der Waals surface area contributed by atoms with Gasteiger partial charge in [0, 0.05) is 5.56 Å². The van der Waals surface area contributed by atoms with Gasteiger partial charge in [0.25, 0.3) is 0 Å². The minimum atomic E-state index is -0.458. The van der Waals surface area contributed by atoms with Crippen LogP contribution in [0.2, 0.25) is 0 Å². The molecule has 0 radical (unpaired) electrons. The molecule has 1 aromatic carbocycles. The summed E-state index contributed by atoms with van der Waals surface area (Å²) in [5.74, 6) is 0.390. The van der Waals surface area contributed by atoms with Crippen LogP contribution in [0, 0.1) is 11.7 Å². The van der Waals surface area contributed by atoms with Crippen molar-refractivity contribution < 1.29 is 9.18 Å². The van der Waals surface area contributed by atoms with Gasteiger partial charge >= 0.3 is 0 Å². The summed E-state index contributed by atoms with van der Waals surface area (Å²) in [5, 5.41) is 0. The van der Waals surface area contributed by atoms with Gasteiger partial charge in [-0.05, 0) is 57.8 Å². The minimum absolute atomic E-state index is 0.0592. The maximum absolute atomic E-state index is 13.3. The lowest BCUT2D eigenvalue weighted by molar-refractivity contribution is 0.0513. The molecule has 0 amide bonds. The van der Waals surface area contributed by atoms with Gasteiger partial charge in [-0.15, -0.1) is 0 Å². The van der Waals surface area contributed by atoms with Crippen molar-refractivity contribution in [1.82, 2.24) is 4.90 Å². The Labute approximate surface area is 114 Å². The summed E-state index contributed by atoms with van der Waals surface area (Å²) in [7, 11) is 3.90. The van der Waals surface area contributed by atoms with E-state index in [1.165, 1.54) is 12.1 Å². The van der Waals surface area contributed by atoms with E-state index < -0.39 is 5.54 Å². The van der Waals surface area contributed by atoms with E-state index in [0.717, 1.165) is 25.7 Å². The van der Waals surface area contributed by atoms with Crippen LogP contribution in [0.5, 0.6) is 0 Å². The molecule has 0 spiro atoms. The fraction of sp³-hybridized carbons (Fsp3) is 0.562. The van der Waals surface area contributed by atoms with Gasteiger partial charge < -0.3 is 0 Å². The third-order valence-electron chi connectivity index (χ3n) is 4.47. The van der Waals surface area contributed by atoms with E-state index >= 15 is 0 Å². The van der Waals surface area contributed by atoms with Crippen molar-refractivity contribution in [3.8, 4) is 0 Å². The fourth-order valence-corrected chi connectivity index (χ4v) is 3.02. The smallest absolute Gasteiger partial charge is 0.183 e. The summed E-state index contributed by atoms with van der Waals surface area (Å²) in [4.78, 5) is 14.8. The monoisotopic (exact) mass is 263 g/mol. The molecule has 0 bridgehead atoms. The first-order valence-corrected chi connectivity index (χ1v) is 6.93. The van der Waals surface area contributed by atoms with Crippen LogP contribution in [0.3, 0.4) is 0 Å². The number of carbonyl (C=O) groups excluding carboxylic acids is 1. The lowest BCUT2D eigenvalue weighted by atomic mass is 9.72. The molecular formula is C16H22FNO. The van der Waals surface area contributed by atoms with Gasteiger partial charge in [-0.3, -0.25) is 9.69 Å². The van der Waals surface area contributed by atoms with E-state index in [-0.39, 0.29) is 11.6 Å². The van der Waals surface area contributed by atoms with Gasteiger partial charge in [-0.1, -0.05) is 19.1 Å². The first-order valence-electron chi connectivity index (χ1n) is 6.93. The number of hydrogen-bond donors (Lipinski definition) is 0. The molecule has 0 N–H and O–H groups in total. The van der Waals surface area contributed by atoms with Gasteiger partial charge in [0.05, 0.1) is 5.54 Å². The van der Waals surface area contributed by atoms with Crippen LogP contribution in [-0.4, -0.2) is 30.3 Å². The highest BCUT2D eigenvalue weighted by atomic mass is 19.1. The van der Waals surface area contributed by atoms with Crippen LogP contribution in [0.25, 0.3) is 0 Å². The molecule has 3 heteroatoms. The van der Waals surface area contributed by atoms with Crippen molar-refractivity contribution in [1.29, 1.82) is 0 Å². The quantitative estimate of drug-likeness (QED) is 0.778. The Morgan fingerprint density at radius 3 is 2.47 bits per heavy atom. The average molecular weight is 263 g/mol. The predicted octanol–water partition coefficient (Wildman–Crippen LogP) is 3.52. The van der Waals surface area contributed by atoms with E-state index in [9.17, 15) is 9.18 Å². The largest absolute Gasteiger partial charge is 0.297 e. The molecule has 104 valence electrons. The average Bonchev–Trinajstić information content (AvgIpc) is 2.39. The number of halogens is 1. The van der Waals surface area contributed by atoms with Crippen LogP contribution in [0.1, 0.15) is 43.0 Å². The highest BCUT2D eigenvalue weighted by molar-refractivity contribution is 6.03. The maximum atomic E-state index is 13.3. The zero-order valence-corrected chi connectivity index (χ0v) is 11.9. The lowest BCUT2D eigenvalue weighted by Gasteiger charge is -2.43. The number of carbonyl (C=O) groups is 1. The Bertz CT molecular complexity index is 462. The third-order valence-corrected chi connectivity index (χ3v) is 4.47. The van der Waals surface area contributed by atoms with Gasteiger partial charge in [0.1, 0.15) is 5.82 Å². The molecule has 0 aliphatic heterocycles. The number of nitrogens with zero attached hydrogens (tertiary/aromatic N) is 1. The Morgan fingerprint density at radius 1 is 1.32 bits per heavy atom. The summed E-state index contributed by atoms with van der Waals surface area (Å²) in [6, 6.07) is 6.06. The second kappa shape index (κ2) is 5.41. The summed E-state index contributed by atoms with van der Waals surface area (Å²) in [5.41, 5.74) is 0.0311. The molecule has 1 aromatic rings. The van der Waals surface area contributed by atoms with E-state index in [1.807, 2.05) is 19.0 Å². The van der Waals surface area contributed by atoms with Gasteiger partial charge in [0.15, 0.2) is 5.78 Å². The number of hydrogen-bond acceptors (Lipinski definition) is 2. The highest BCUT2D eigenvalue weighted by Gasteiger charge is 2.43. The molecule has 1 saturated carbocycles. The molecule has 0 atom stereocenters. The molecule has 0 unspecified atom stereocenters. The van der Waals surface area contributed by atoms with Crippen LogP contribution in [-0.2, 0) is 0 Å². The zero-order valence-electron chi connectivity index (χ0n) is 11.9. The Hall–Kier alpha value is -1.22. The molecule has 0 heterocycles. The van der Waals surface area contributed by atoms with Crippen molar-refractivity contribution in [3.63, 3.8) is 0 Å². The Kier molecular flexibility index (Phi) is 4.04. The molecule has 1 fully saturated rings. The second-order valence-electron chi connectivity index (χ2n) is 5.95. The highest BCUT2D eigenvalue weighted by Crippen LogP contribution is 2.37. The number of likely N-dealkylation sites (N-methyl/N-ethyl adjacent to an activating group) is 1. The SMILES string of the molecule is CC1CCC(C(=O)c2cccc(F)c2)(N(C)C)CC1. The van der Waals surface area contributed by atoms with Crippen molar-refractivity contribution in [2.24, 2.45) is 5.92 Å². The summed E-state index contributed by atoms with van der Waals surface area (Å²) >= 11 is 0. The van der Waals surface area contributed by atoms with Gasteiger partial charge in [0.2, 0.25) is 0 Å². The molecule has 2 rings (SSSR count). The summed E-state index contributed by atoms with van der Waals surface area (Å²) < 4.78 is 13.3. The van der Waals surface area contributed by atoms with Crippen LogP contribution in [0.15, 0.2) is 24.3 Å². The summed E-state index contributed by atoms with van der Waals surface area (Å²) in [6.45, 7) is 2.23. The van der Waals surface area contributed by atoms with Crippen molar-refractivity contribution in [3.05, 3.63) is 35.6 Å². The van der Waals surface area contributed by atoms with Crippen molar-refractivity contribution in [2.45, 2.75) is 38.1 Å². The maximum Gasteiger partial charge on any atom is 0.183 e. The third kappa shape index (κ3) is 2.71. The molecule has 1 aliphatic carbocycles. The number of Topliss-reactive ketones (excluding diaryl/α,β-unsaturated/α-hetero) is 1. The Balaban J connectivity index is 2.32. The number of ketones is 1. The molecular weight excluding hydrogens is 241 g/mol. The van der Waals surface area contributed by atoms with E-state index in [0.29, 0.717) is 11.5 Å². The predicted molar refractivity (Wildman–Crippen MR) is 74.8 cm³/mol. The first kappa shape index (κ1) is 14.2. The van der Waals surface area contributed by atoms with Gasteiger partial charge in [-0.25, -0.2) is 4.39 Å². The van der Waals surface area contributed by atoms with Crippen molar-refractivity contribution >= 4 is 5.78 Å². The van der Waals surface area contributed by atoms with E-state index in [4.69, 9.17) is 0 Å². The van der Waals surface area contributed by atoms with E-state index in [2.05, 4.69) is 6.92 Å². The minimum Gasteiger partial charge on any atom is -0.297 e. The Morgan fingerprint density at radius 2 is 1.95 bits per heavy atom. The molecule has 0 aromatic heterocycles. The topological polar surface area (TPSA) is 20.3 Å². The zero-order chi connectivity index (χ0) is 14.0.